The zero-order valence-electron chi connectivity index (χ0n) is 10.8. The first-order chi connectivity index (χ1) is 9.13. The molecule has 2 rings (SSSR count). The number of rotatable bonds is 3. The molecule has 96 valence electrons. The summed E-state index contributed by atoms with van der Waals surface area (Å²) in [5, 5.41) is 8.79. The maximum absolute atomic E-state index is 8.79. The summed E-state index contributed by atoms with van der Waals surface area (Å²) in [7, 11) is 0. The van der Waals surface area contributed by atoms with Crippen LogP contribution in [0.2, 0.25) is 0 Å². The minimum Gasteiger partial charge on any atom is -0.403 e. The normalized spacial score (nSPS) is 11.3. The Hall–Kier alpha value is -2.67. The largest absolute Gasteiger partial charge is 0.403 e. The Balaban J connectivity index is 2.31. The van der Waals surface area contributed by atoms with Gasteiger partial charge < -0.3 is 16.0 Å². The van der Waals surface area contributed by atoms with Crippen molar-refractivity contribution in [3.63, 3.8) is 0 Å². The van der Waals surface area contributed by atoms with Crippen molar-refractivity contribution in [2.75, 3.05) is 0 Å². The molecule has 0 radical (unpaired) electrons. The van der Waals surface area contributed by atoms with Gasteiger partial charge in [-0.25, -0.2) is 0 Å². The van der Waals surface area contributed by atoms with Gasteiger partial charge in [-0.3, -0.25) is 0 Å². The van der Waals surface area contributed by atoms with Crippen molar-refractivity contribution >= 4 is 0 Å². The lowest BCUT2D eigenvalue weighted by Crippen LogP contribution is -2.10. The van der Waals surface area contributed by atoms with Crippen molar-refractivity contribution in [1.82, 2.24) is 4.57 Å². The monoisotopic (exact) mass is 252 g/mol. The Labute approximate surface area is 112 Å². The van der Waals surface area contributed by atoms with E-state index in [1.165, 1.54) is 6.20 Å². The van der Waals surface area contributed by atoms with Gasteiger partial charge in [0.05, 0.1) is 18.2 Å². The number of nitrogens with zero attached hydrogens (tertiary/aromatic N) is 2. The molecular formula is C15H16N4. The molecule has 4 nitrogen and oxygen atoms in total. The summed E-state index contributed by atoms with van der Waals surface area (Å²) in [5.74, 6) is 0. The molecule has 0 amide bonds. The number of aromatic nitrogens is 1. The zero-order chi connectivity index (χ0) is 13.8. The van der Waals surface area contributed by atoms with E-state index in [1.54, 1.807) is 0 Å². The molecule has 4 heteroatoms. The van der Waals surface area contributed by atoms with Gasteiger partial charge in [-0.05, 0) is 36.2 Å². The Bertz CT molecular complexity index is 642. The highest BCUT2D eigenvalue weighted by Gasteiger charge is 2.05. The topological polar surface area (TPSA) is 80.8 Å². The van der Waals surface area contributed by atoms with E-state index in [4.69, 9.17) is 16.7 Å². The third-order valence-corrected chi connectivity index (χ3v) is 3.03. The zero-order valence-corrected chi connectivity index (χ0v) is 10.8. The summed E-state index contributed by atoms with van der Waals surface area (Å²) in [6.45, 7) is 2.61. The number of benzene rings is 1. The summed E-state index contributed by atoms with van der Waals surface area (Å²) in [6.07, 6.45) is 3.45. The molecule has 19 heavy (non-hydrogen) atoms. The fourth-order valence-corrected chi connectivity index (χ4v) is 1.93. The van der Waals surface area contributed by atoms with Crippen LogP contribution in [0.5, 0.6) is 0 Å². The van der Waals surface area contributed by atoms with Crippen LogP contribution in [0, 0.1) is 18.3 Å². The average Bonchev–Trinajstić information content (AvgIpc) is 2.80. The molecule has 0 spiro atoms. The van der Waals surface area contributed by atoms with Crippen molar-refractivity contribution in [3.05, 3.63) is 59.7 Å². The van der Waals surface area contributed by atoms with E-state index in [1.807, 2.05) is 42.0 Å². The van der Waals surface area contributed by atoms with E-state index < -0.39 is 0 Å². The minimum absolute atomic E-state index is 0.582. The number of nitriles is 1. The highest BCUT2D eigenvalue weighted by Crippen LogP contribution is 2.22. The standard InChI is InChI=1S/C15H16N4/c1-11-6-14(9-19(11)10-15(18)8-17)13-4-2-12(7-16)3-5-13/h2-6,8-9H,10,17-18H2,1H3/b15-8-. The van der Waals surface area contributed by atoms with E-state index >= 15 is 0 Å². The summed E-state index contributed by atoms with van der Waals surface area (Å²) in [6, 6.07) is 11.7. The molecule has 0 aliphatic carbocycles. The fraction of sp³-hybridized carbons (Fsp3) is 0.133. The summed E-state index contributed by atoms with van der Waals surface area (Å²) < 4.78 is 2.05. The highest BCUT2D eigenvalue weighted by molar-refractivity contribution is 5.64. The molecule has 0 saturated heterocycles. The molecular weight excluding hydrogens is 236 g/mol. The molecule has 1 aromatic heterocycles. The number of nitrogens with two attached hydrogens (primary N) is 2. The van der Waals surface area contributed by atoms with Crippen LogP contribution in [-0.2, 0) is 6.54 Å². The summed E-state index contributed by atoms with van der Waals surface area (Å²) in [5.41, 5.74) is 15.7. The van der Waals surface area contributed by atoms with Crippen molar-refractivity contribution in [3.8, 4) is 17.2 Å². The van der Waals surface area contributed by atoms with Gasteiger partial charge >= 0.3 is 0 Å². The van der Waals surface area contributed by atoms with Crippen LogP contribution >= 0.6 is 0 Å². The Kier molecular flexibility index (Phi) is 3.58. The maximum atomic E-state index is 8.79. The van der Waals surface area contributed by atoms with Gasteiger partial charge in [0.1, 0.15) is 0 Å². The second kappa shape index (κ2) is 5.32. The first kappa shape index (κ1) is 12.8. The van der Waals surface area contributed by atoms with E-state index in [0.717, 1.165) is 16.8 Å². The number of hydrogen-bond acceptors (Lipinski definition) is 3. The van der Waals surface area contributed by atoms with Crippen LogP contribution in [0.1, 0.15) is 11.3 Å². The third kappa shape index (κ3) is 2.78. The number of aryl methyl sites for hydroxylation is 1. The number of allylic oxidation sites excluding steroid dienone is 1. The van der Waals surface area contributed by atoms with E-state index in [-0.39, 0.29) is 0 Å². The van der Waals surface area contributed by atoms with E-state index in [2.05, 4.69) is 12.1 Å². The van der Waals surface area contributed by atoms with Crippen molar-refractivity contribution < 1.29 is 0 Å². The van der Waals surface area contributed by atoms with Gasteiger partial charge in [0.2, 0.25) is 0 Å². The van der Waals surface area contributed by atoms with Crippen molar-refractivity contribution in [2.45, 2.75) is 13.5 Å². The molecule has 1 heterocycles. The smallest absolute Gasteiger partial charge is 0.0991 e. The Morgan fingerprint density at radius 2 is 2.00 bits per heavy atom. The lowest BCUT2D eigenvalue weighted by atomic mass is 10.1. The van der Waals surface area contributed by atoms with Crippen molar-refractivity contribution in [2.24, 2.45) is 11.5 Å². The summed E-state index contributed by atoms with van der Waals surface area (Å²) >= 11 is 0. The van der Waals surface area contributed by atoms with Gasteiger partial charge in [-0.1, -0.05) is 12.1 Å². The lowest BCUT2D eigenvalue weighted by Gasteiger charge is -2.05. The van der Waals surface area contributed by atoms with Gasteiger partial charge in [-0.15, -0.1) is 0 Å². The lowest BCUT2D eigenvalue weighted by molar-refractivity contribution is 0.754. The maximum Gasteiger partial charge on any atom is 0.0991 e. The number of hydrogen-bond donors (Lipinski definition) is 2. The molecule has 0 unspecified atom stereocenters. The molecule has 0 bridgehead atoms. The third-order valence-electron chi connectivity index (χ3n) is 3.03. The SMILES string of the molecule is Cc1cc(-c2ccc(C#N)cc2)cn1C/C(N)=C/N. The minimum atomic E-state index is 0.582. The van der Waals surface area contributed by atoms with Crippen LogP contribution in [0.25, 0.3) is 11.1 Å². The van der Waals surface area contributed by atoms with E-state index in [0.29, 0.717) is 17.8 Å². The first-order valence-corrected chi connectivity index (χ1v) is 5.97. The highest BCUT2D eigenvalue weighted by atomic mass is 15.0. The van der Waals surface area contributed by atoms with Gasteiger partial charge in [0.15, 0.2) is 0 Å². The van der Waals surface area contributed by atoms with Crippen LogP contribution < -0.4 is 11.5 Å². The molecule has 1 aromatic carbocycles. The van der Waals surface area contributed by atoms with E-state index in [9.17, 15) is 0 Å². The van der Waals surface area contributed by atoms with Crippen LogP contribution in [0.15, 0.2) is 48.4 Å². The Morgan fingerprint density at radius 3 is 2.58 bits per heavy atom. The summed E-state index contributed by atoms with van der Waals surface area (Å²) in [4.78, 5) is 0. The van der Waals surface area contributed by atoms with Crippen LogP contribution in [-0.4, -0.2) is 4.57 Å². The molecule has 0 aliphatic heterocycles. The molecule has 0 fully saturated rings. The molecule has 2 aromatic rings. The fourth-order valence-electron chi connectivity index (χ4n) is 1.93. The Morgan fingerprint density at radius 1 is 1.32 bits per heavy atom. The van der Waals surface area contributed by atoms with Gasteiger partial charge in [-0.2, -0.15) is 5.26 Å². The van der Waals surface area contributed by atoms with Crippen LogP contribution in [0.4, 0.5) is 0 Å². The van der Waals surface area contributed by atoms with Crippen LogP contribution in [0.3, 0.4) is 0 Å². The second-order valence-corrected chi connectivity index (χ2v) is 4.43. The quantitative estimate of drug-likeness (QED) is 0.877. The van der Waals surface area contributed by atoms with Gasteiger partial charge in [0.25, 0.3) is 0 Å². The second-order valence-electron chi connectivity index (χ2n) is 4.43. The molecule has 0 saturated carbocycles. The first-order valence-electron chi connectivity index (χ1n) is 5.97. The predicted octanol–water partition coefficient (Wildman–Crippen LogP) is 2.09. The molecule has 0 atom stereocenters. The molecule has 0 aliphatic rings. The average molecular weight is 252 g/mol. The predicted molar refractivity (Wildman–Crippen MR) is 75.8 cm³/mol. The molecule has 4 N–H and O–H groups in total. The van der Waals surface area contributed by atoms with Gasteiger partial charge in [0, 0.05) is 23.8 Å². The van der Waals surface area contributed by atoms with Crippen molar-refractivity contribution in [1.29, 1.82) is 5.26 Å².